The van der Waals surface area contributed by atoms with Crippen molar-refractivity contribution in [2.24, 2.45) is 0 Å². The minimum Gasteiger partial charge on any atom is -0.497 e. The Bertz CT molecular complexity index is 810. The van der Waals surface area contributed by atoms with Crippen LogP contribution in [0.15, 0.2) is 48.5 Å². The first-order valence-corrected chi connectivity index (χ1v) is 6.22. The normalized spacial score (nSPS) is 11.8. The minimum absolute atomic E-state index is 0.220. The number of hydrogen-bond acceptors (Lipinski definition) is 2. The predicted octanol–water partition coefficient (Wildman–Crippen LogP) is 4.90. The molecule has 0 saturated carbocycles. The zero-order chi connectivity index (χ0) is 15.0. The largest absolute Gasteiger partial charge is 0.573 e. The summed E-state index contributed by atoms with van der Waals surface area (Å²) in [6.07, 6.45) is -4.68. The molecule has 3 aromatic carbocycles. The number of fused-ring (bicyclic) bond motifs is 3. The van der Waals surface area contributed by atoms with Crippen molar-refractivity contribution in [3.63, 3.8) is 0 Å². The summed E-state index contributed by atoms with van der Waals surface area (Å²) in [6, 6.07) is 13.5. The summed E-state index contributed by atoms with van der Waals surface area (Å²) in [5.74, 6) is 0.515. The van der Waals surface area contributed by atoms with Gasteiger partial charge in [0.1, 0.15) is 11.5 Å². The summed E-state index contributed by atoms with van der Waals surface area (Å²) in [4.78, 5) is 0. The molecule has 3 rings (SSSR count). The third-order valence-corrected chi connectivity index (χ3v) is 3.25. The molecule has 0 aliphatic carbocycles. The van der Waals surface area contributed by atoms with E-state index in [0.29, 0.717) is 5.39 Å². The standard InChI is InChI=1S/C16H11F3O2/c1-20-12-4-6-14-10(8-12)2-3-11-9-13(5-7-15(11)14)21-16(17,18)19/h2-9H,1H3. The highest BCUT2D eigenvalue weighted by Gasteiger charge is 2.31. The number of hydrogen-bond donors (Lipinski definition) is 0. The number of benzene rings is 3. The second kappa shape index (κ2) is 4.84. The van der Waals surface area contributed by atoms with Crippen LogP contribution in [-0.4, -0.2) is 13.5 Å². The van der Waals surface area contributed by atoms with Gasteiger partial charge in [0.05, 0.1) is 7.11 Å². The summed E-state index contributed by atoms with van der Waals surface area (Å²) in [5.41, 5.74) is 0. The molecule has 0 fully saturated rings. The van der Waals surface area contributed by atoms with Crippen LogP contribution in [0.1, 0.15) is 0 Å². The highest BCUT2D eigenvalue weighted by molar-refractivity contribution is 6.08. The van der Waals surface area contributed by atoms with Gasteiger partial charge in [0.25, 0.3) is 0 Å². The second-order valence-corrected chi connectivity index (χ2v) is 4.58. The Hall–Kier alpha value is -2.43. The zero-order valence-electron chi connectivity index (χ0n) is 11.1. The molecule has 0 atom stereocenters. The van der Waals surface area contributed by atoms with E-state index in [1.165, 1.54) is 12.1 Å². The maximum atomic E-state index is 12.2. The SMILES string of the molecule is COc1ccc2c(ccc3cc(OC(F)(F)F)ccc32)c1. The highest BCUT2D eigenvalue weighted by Crippen LogP contribution is 2.32. The van der Waals surface area contributed by atoms with Crippen LogP contribution in [0, 0.1) is 0 Å². The maximum absolute atomic E-state index is 12.2. The van der Waals surface area contributed by atoms with Crippen LogP contribution >= 0.6 is 0 Å². The van der Waals surface area contributed by atoms with E-state index in [2.05, 4.69) is 4.74 Å². The molecule has 0 amide bonds. The Labute approximate surface area is 118 Å². The molecule has 0 N–H and O–H groups in total. The number of rotatable bonds is 2. The van der Waals surface area contributed by atoms with Crippen LogP contribution < -0.4 is 9.47 Å². The lowest BCUT2D eigenvalue weighted by molar-refractivity contribution is -0.274. The van der Waals surface area contributed by atoms with Crippen molar-refractivity contribution >= 4 is 21.5 Å². The Morgan fingerprint density at radius 2 is 1.29 bits per heavy atom. The van der Waals surface area contributed by atoms with Gasteiger partial charge in [-0.1, -0.05) is 24.3 Å². The van der Waals surface area contributed by atoms with Gasteiger partial charge in [-0.25, -0.2) is 0 Å². The van der Waals surface area contributed by atoms with Gasteiger partial charge >= 0.3 is 6.36 Å². The average molecular weight is 292 g/mol. The lowest BCUT2D eigenvalue weighted by Crippen LogP contribution is -2.16. The number of halogens is 3. The Kier molecular flexibility index (Phi) is 3.12. The maximum Gasteiger partial charge on any atom is 0.573 e. The fourth-order valence-corrected chi connectivity index (χ4v) is 2.35. The van der Waals surface area contributed by atoms with Crippen molar-refractivity contribution in [1.29, 1.82) is 0 Å². The van der Waals surface area contributed by atoms with Crippen LogP contribution in [0.3, 0.4) is 0 Å². The van der Waals surface area contributed by atoms with Crippen LogP contribution in [0.2, 0.25) is 0 Å². The topological polar surface area (TPSA) is 18.5 Å². The average Bonchev–Trinajstić information content (AvgIpc) is 2.44. The molecular formula is C16H11F3O2. The minimum atomic E-state index is -4.68. The van der Waals surface area contributed by atoms with Gasteiger partial charge in [-0.3, -0.25) is 0 Å². The van der Waals surface area contributed by atoms with E-state index < -0.39 is 6.36 Å². The van der Waals surface area contributed by atoms with Crippen LogP contribution in [0.5, 0.6) is 11.5 Å². The number of ether oxygens (including phenoxy) is 2. The molecule has 0 aromatic heterocycles. The van der Waals surface area contributed by atoms with E-state index in [4.69, 9.17) is 4.74 Å². The molecule has 0 spiro atoms. The third kappa shape index (κ3) is 2.72. The molecule has 0 aliphatic rings. The summed E-state index contributed by atoms with van der Waals surface area (Å²) in [6.45, 7) is 0. The van der Waals surface area contributed by atoms with Gasteiger partial charge < -0.3 is 9.47 Å². The van der Waals surface area contributed by atoms with Crippen molar-refractivity contribution in [2.75, 3.05) is 7.11 Å². The van der Waals surface area contributed by atoms with Gasteiger partial charge in [-0.2, -0.15) is 0 Å². The quantitative estimate of drug-likeness (QED) is 0.625. The predicted molar refractivity (Wildman–Crippen MR) is 74.7 cm³/mol. The molecule has 21 heavy (non-hydrogen) atoms. The second-order valence-electron chi connectivity index (χ2n) is 4.58. The summed E-state index contributed by atoms with van der Waals surface area (Å²) in [7, 11) is 1.59. The van der Waals surface area contributed by atoms with Crippen LogP contribution in [0.25, 0.3) is 21.5 Å². The first-order valence-electron chi connectivity index (χ1n) is 6.22. The van der Waals surface area contributed by atoms with E-state index in [1.807, 2.05) is 24.3 Å². The molecule has 108 valence electrons. The first kappa shape index (κ1) is 13.5. The van der Waals surface area contributed by atoms with Crippen molar-refractivity contribution in [3.05, 3.63) is 48.5 Å². The van der Waals surface area contributed by atoms with Gasteiger partial charge in [-0.15, -0.1) is 13.2 Å². The fourth-order valence-electron chi connectivity index (χ4n) is 2.35. The molecule has 2 nitrogen and oxygen atoms in total. The van der Waals surface area contributed by atoms with Crippen molar-refractivity contribution in [3.8, 4) is 11.5 Å². The van der Waals surface area contributed by atoms with Gasteiger partial charge in [-0.05, 0) is 45.8 Å². The van der Waals surface area contributed by atoms with Gasteiger partial charge in [0.2, 0.25) is 0 Å². The summed E-state index contributed by atoms with van der Waals surface area (Å²) < 4.78 is 45.8. The van der Waals surface area contributed by atoms with Crippen LogP contribution in [0.4, 0.5) is 13.2 Å². The molecular weight excluding hydrogens is 281 g/mol. The smallest absolute Gasteiger partial charge is 0.497 e. The lowest BCUT2D eigenvalue weighted by atomic mass is 10.0. The molecule has 0 saturated heterocycles. The van der Waals surface area contributed by atoms with E-state index in [1.54, 1.807) is 19.2 Å². The molecule has 0 heterocycles. The molecule has 3 aromatic rings. The van der Waals surface area contributed by atoms with E-state index in [-0.39, 0.29) is 5.75 Å². The molecule has 0 aliphatic heterocycles. The lowest BCUT2D eigenvalue weighted by Gasteiger charge is -2.11. The Balaban J connectivity index is 2.14. The van der Waals surface area contributed by atoms with Crippen LogP contribution in [-0.2, 0) is 0 Å². The monoisotopic (exact) mass is 292 g/mol. The van der Waals surface area contributed by atoms with Gasteiger partial charge in [0, 0.05) is 0 Å². The van der Waals surface area contributed by atoms with E-state index in [0.717, 1.165) is 21.9 Å². The van der Waals surface area contributed by atoms with Crippen molar-refractivity contribution in [2.45, 2.75) is 6.36 Å². The molecule has 0 bridgehead atoms. The molecule has 5 heteroatoms. The van der Waals surface area contributed by atoms with E-state index >= 15 is 0 Å². The molecule has 0 radical (unpaired) electrons. The third-order valence-electron chi connectivity index (χ3n) is 3.25. The Morgan fingerprint density at radius 1 is 0.762 bits per heavy atom. The zero-order valence-corrected chi connectivity index (χ0v) is 11.1. The first-order chi connectivity index (χ1) is 9.96. The van der Waals surface area contributed by atoms with Gasteiger partial charge in [0.15, 0.2) is 0 Å². The van der Waals surface area contributed by atoms with E-state index in [9.17, 15) is 13.2 Å². The highest BCUT2D eigenvalue weighted by atomic mass is 19.4. The number of methoxy groups -OCH3 is 1. The molecule has 0 unspecified atom stereocenters. The summed E-state index contributed by atoms with van der Waals surface area (Å²) in [5, 5.41) is 3.47. The van der Waals surface area contributed by atoms with Crippen molar-refractivity contribution < 1.29 is 22.6 Å². The summed E-state index contributed by atoms with van der Waals surface area (Å²) >= 11 is 0. The Morgan fingerprint density at radius 3 is 1.81 bits per heavy atom. The fraction of sp³-hybridized carbons (Fsp3) is 0.125. The van der Waals surface area contributed by atoms with Crippen molar-refractivity contribution in [1.82, 2.24) is 0 Å². The number of alkyl halides is 3.